The predicted octanol–water partition coefficient (Wildman–Crippen LogP) is 5.41. The van der Waals surface area contributed by atoms with Crippen molar-refractivity contribution in [2.24, 2.45) is 7.05 Å². The van der Waals surface area contributed by atoms with E-state index in [1.807, 2.05) is 48.9 Å². The molecular formula is C18H17BrClN3OS. The molecule has 4 nitrogen and oxygen atoms in total. The van der Waals surface area contributed by atoms with Crippen LogP contribution >= 0.6 is 39.3 Å². The second kappa shape index (κ2) is 8.25. The molecule has 0 aliphatic rings. The van der Waals surface area contributed by atoms with Crippen LogP contribution in [0.1, 0.15) is 17.0 Å². The van der Waals surface area contributed by atoms with Gasteiger partial charge in [0.05, 0.1) is 5.02 Å². The minimum Gasteiger partial charge on any atom is -0.484 e. The summed E-state index contributed by atoms with van der Waals surface area (Å²) < 4.78 is 8.83. The summed E-state index contributed by atoms with van der Waals surface area (Å²) in [5.74, 6) is 2.25. The lowest BCUT2D eigenvalue weighted by atomic mass is 10.2. The fourth-order valence-corrected chi connectivity index (χ4v) is 3.73. The molecule has 25 heavy (non-hydrogen) atoms. The zero-order valence-electron chi connectivity index (χ0n) is 13.9. The van der Waals surface area contributed by atoms with Crippen LogP contribution in [0.15, 0.2) is 52.1 Å². The lowest BCUT2D eigenvalue weighted by Crippen LogP contribution is -2.04. The van der Waals surface area contributed by atoms with Gasteiger partial charge >= 0.3 is 0 Å². The third-order valence-electron chi connectivity index (χ3n) is 3.63. The standard InChI is InChI=1S/C18H17BrClN3OS/c1-12-6-7-15(20)16(8-12)24-10-17-21-22-18(23(17)2)25-11-13-4-3-5-14(19)9-13/h3-9H,10-11H2,1-2H3. The van der Waals surface area contributed by atoms with Crippen LogP contribution in [-0.2, 0) is 19.4 Å². The molecule has 2 aromatic carbocycles. The Bertz CT molecular complexity index is 885. The van der Waals surface area contributed by atoms with Crippen molar-refractivity contribution < 1.29 is 4.74 Å². The van der Waals surface area contributed by atoms with E-state index in [0.717, 1.165) is 26.8 Å². The van der Waals surface area contributed by atoms with Crippen molar-refractivity contribution >= 4 is 39.3 Å². The average Bonchev–Trinajstić information content (AvgIpc) is 2.94. The van der Waals surface area contributed by atoms with Crippen LogP contribution in [0.25, 0.3) is 0 Å². The number of hydrogen-bond donors (Lipinski definition) is 0. The van der Waals surface area contributed by atoms with Crippen LogP contribution in [0.3, 0.4) is 0 Å². The summed E-state index contributed by atoms with van der Waals surface area (Å²) in [6, 6.07) is 14.0. The molecule has 3 aromatic rings. The molecule has 0 radical (unpaired) electrons. The molecule has 0 aliphatic heterocycles. The van der Waals surface area contributed by atoms with E-state index in [1.165, 1.54) is 5.56 Å². The van der Waals surface area contributed by atoms with Gasteiger partial charge in [-0.3, -0.25) is 0 Å². The lowest BCUT2D eigenvalue weighted by Gasteiger charge is -2.09. The maximum absolute atomic E-state index is 6.16. The van der Waals surface area contributed by atoms with Gasteiger partial charge in [0, 0.05) is 17.3 Å². The Labute approximate surface area is 164 Å². The topological polar surface area (TPSA) is 39.9 Å². The second-order valence-electron chi connectivity index (χ2n) is 5.60. The van der Waals surface area contributed by atoms with E-state index in [1.54, 1.807) is 11.8 Å². The van der Waals surface area contributed by atoms with Crippen molar-refractivity contribution in [1.82, 2.24) is 14.8 Å². The zero-order chi connectivity index (χ0) is 17.8. The Morgan fingerprint density at radius 3 is 2.84 bits per heavy atom. The first-order chi connectivity index (χ1) is 12.0. The number of ether oxygens (including phenoxy) is 1. The summed E-state index contributed by atoms with van der Waals surface area (Å²) in [4.78, 5) is 0. The minimum atomic E-state index is 0.324. The molecule has 0 bridgehead atoms. The highest BCUT2D eigenvalue weighted by Gasteiger charge is 2.11. The SMILES string of the molecule is Cc1ccc(Cl)c(OCc2nnc(SCc3cccc(Br)c3)n2C)c1. The molecule has 0 spiro atoms. The van der Waals surface area contributed by atoms with Crippen LogP contribution in [0.2, 0.25) is 5.02 Å². The van der Waals surface area contributed by atoms with Crippen LogP contribution in [-0.4, -0.2) is 14.8 Å². The monoisotopic (exact) mass is 437 g/mol. The summed E-state index contributed by atoms with van der Waals surface area (Å²) >= 11 is 11.3. The van der Waals surface area contributed by atoms with Crippen LogP contribution < -0.4 is 4.74 Å². The average molecular weight is 439 g/mol. The molecular weight excluding hydrogens is 422 g/mol. The number of rotatable bonds is 6. The summed E-state index contributed by atoms with van der Waals surface area (Å²) in [7, 11) is 1.94. The fourth-order valence-electron chi connectivity index (χ4n) is 2.23. The molecule has 0 N–H and O–H groups in total. The van der Waals surface area contributed by atoms with Gasteiger partial charge in [-0.2, -0.15) is 0 Å². The first kappa shape index (κ1) is 18.3. The highest BCUT2D eigenvalue weighted by molar-refractivity contribution is 9.10. The molecule has 0 saturated carbocycles. The maximum Gasteiger partial charge on any atom is 0.191 e. The Balaban J connectivity index is 1.63. The van der Waals surface area contributed by atoms with Gasteiger partial charge in [0.15, 0.2) is 11.0 Å². The third-order valence-corrected chi connectivity index (χ3v) is 5.52. The van der Waals surface area contributed by atoms with Crippen molar-refractivity contribution in [3.05, 3.63) is 68.9 Å². The number of benzene rings is 2. The van der Waals surface area contributed by atoms with E-state index >= 15 is 0 Å². The quantitative estimate of drug-likeness (QED) is 0.482. The predicted molar refractivity (Wildman–Crippen MR) is 105 cm³/mol. The number of thioether (sulfide) groups is 1. The maximum atomic E-state index is 6.16. The second-order valence-corrected chi connectivity index (χ2v) is 7.86. The van der Waals surface area contributed by atoms with Crippen molar-refractivity contribution in [1.29, 1.82) is 0 Å². The largest absolute Gasteiger partial charge is 0.484 e. The molecule has 0 fully saturated rings. The van der Waals surface area contributed by atoms with Gasteiger partial charge in [0.25, 0.3) is 0 Å². The highest BCUT2D eigenvalue weighted by atomic mass is 79.9. The summed E-state index contributed by atoms with van der Waals surface area (Å²) in [5, 5.41) is 9.93. The van der Waals surface area contributed by atoms with Gasteiger partial charge in [-0.1, -0.05) is 57.5 Å². The number of nitrogens with zero attached hydrogens (tertiary/aromatic N) is 3. The first-order valence-corrected chi connectivity index (χ1v) is 9.83. The fraction of sp³-hybridized carbons (Fsp3) is 0.222. The van der Waals surface area contributed by atoms with E-state index in [2.05, 4.69) is 38.3 Å². The molecule has 0 unspecified atom stereocenters. The molecule has 0 aliphatic carbocycles. The Morgan fingerprint density at radius 2 is 2.04 bits per heavy atom. The molecule has 0 saturated heterocycles. The third kappa shape index (κ3) is 4.77. The lowest BCUT2D eigenvalue weighted by molar-refractivity contribution is 0.290. The van der Waals surface area contributed by atoms with E-state index in [4.69, 9.17) is 16.3 Å². The molecule has 130 valence electrons. The van der Waals surface area contributed by atoms with E-state index in [9.17, 15) is 0 Å². The molecule has 0 atom stereocenters. The van der Waals surface area contributed by atoms with Crippen LogP contribution in [0.5, 0.6) is 5.75 Å². The minimum absolute atomic E-state index is 0.324. The number of hydrogen-bond acceptors (Lipinski definition) is 4. The van der Waals surface area contributed by atoms with Crippen molar-refractivity contribution in [2.75, 3.05) is 0 Å². The Morgan fingerprint density at radius 1 is 1.20 bits per heavy atom. The summed E-state index contributed by atoms with van der Waals surface area (Å²) in [5.41, 5.74) is 2.33. The first-order valence-electron chi connectivity index (χ1n) is 7.67. The van der Waals surface area contributed by atoms with Gasteiger partial charge < -0.3 is 9.30 Å². The number of halogens is 2. The van der Waals surface area contributed by atoms with Gasteiger partial charge in [-0.25, -0.2) is 0 Å². The Kier molecular flexibility index (Phi) is 6.04. The smallest absolute Gasteiger partial charge is 0.191 e. The highest BCUT2D eigenvalue weighted by Crippen LogP contribution is 2.27. The summed E-state index contributed by atoms with van der Waals surface area (Å²) in [6.45, 7) is 2.33. The van der Waals surface area contributed by atoms with Crippen molar-refractivity contribution in [3.63, 3.8) is 0 Å². The van der Waals surface area contributed by atoms with Crippen LogP contribution in [0.4, 0.5) is 0 Å². The van der Waals surface area contributed by atoms with Crippen molar-refractivity contribution in [2.45, 2.75) is 24.4 Å². The van der Waals surface area contributed by atoms with Crippen LogP contribution in [0, 0.1) is 6.92 Å². The van der Waals surface area contributed by atoms with Gasteiger partial charge in [0.1, 0.15) is 12.4 Å². The van der Waals surface area contributed by atoms with E-state index in [0.29, 0.717) is 17.4 Å². The normalized spacial score (nSPS) is 10.9. The molecule has 0 amide bonds. The van der Waals surface area contributed by atoms with Crippen molar-refractivity contribution in [3.8, 4) is 5.75 Å². The molecule has 3 rings (SSSR count). The molecule has 7 heteroatoms. The number of aryl methyl sites for hydroxylation is 1. The summed E-state index contributed by atoms with van der Waals surface area (Å²) in [6.07, 6.45) is 0. The van der Waals surface area contributed by atoms with E-state index in [-0.39, 0.29) is 0 Å². The Hall–Kier alpha value is -1.50. The van der Waals surface area contributed by atoms with E-state index < -0.39 is 0 Å². The molecule has 1 heterocycles. The van der Waals surface area contributed by atoms with Gasteiger partial charge in [-0.15, -0.1) is 10.2 Å². The molecule has 1 aromatic heterocycles. The van der Waals surface area contributed by atoms with Gasteiger partial charge in [-0.05, 0) is 42.3 Å². The van der Waals surface area contributed by atoms with Gasteiger partial charge in [0.2, 0.25) is 0 Å². The number of aromatic nitrogens is 3. The zero-order valence-corrected chi connectivity index (χ0v) is 17.0.